The van der Waals surface area contributed by atoms with Gasteiger partial charge in [0.25, 0.3) is 0 Å². The monoisotopic (exact) mass is 476 g/mol. The number of primary amides is 2. The number of carboxylic acids is 1. The lowest BCUT2D eigenvalue weighted by molar-refractivity contribution is -0.144. The number of thiol groups is 1. The molecular weight excluding hydrogens is 444 g/mol. The van der Waals surface area contributed by atoms with Gasteiger partial charge in [-0.25, -0.2) is 4.79 Å². The first-order valence-electron chi connectivity index (χ1n) is 9.90. The van der Waals surface area contributed by atoms with E-state index in [2.05, 4.69) is 28.6 Å². The number of nitrogens with one attached hydrogen (secondary N) is 3. The number of carboxylic acid groups (broad SMARTS) is 1. The predicted molar refractivity (Wildman–Crippen MR) is 117 cm³/mol. The standard InChI is InChI=1S/C18H32N6O7S/c1-3-8(2)14(18(30)31)24-16(28)10(4-5-12(20)25)22-17(29)11(7-32)23-15(27)9(19)6-13(21)26/h8-11,14,32H,3-7,19H2,1-2H3,(H2,20,25)(H2,21,26)(H,22,29)(H,23,27)(H,24,28)(H,30,31). The molecule has 0 heterocycles. The molecule has 0 aromatic rings. The lowest BCUT2D eigenvalue weighted by Crippen LogP contribution is -2.58. The quantitative estimate of drug-likeness (QED) is 0.113. The van der Waals surface area contributed by atoms with Crippen molar-refractivity contribution in [1.82, 2.24) is 16.0 Å². The minimum absolute atomic E-state index is 0.185. The molecule has 0 aliphatic heterocycles. The first kappa shape index (κ1) is 29.1. The highest BCUT2D eigenvalue weighted by Crippen LogP contribution is 2.09. The smallest absolute Gasteiger partial charge is 0.326 e. The van der Waals surface area contributed by atoms with E-state index in [-0.39, 0.29) is 18.6 Å². The van der Waals surface area contributed by atoms with Crippen LogP contribution in [0, 0.1) is 5.92 Å². The first-order valence-corrected chi connectivity index (χ1v) is 10.5. The summed E-state index contributed by atoms with van der Waals surface area (Å²) in [5.74, 6) is -5.88. The van der Waals surface area contributed by atoms with Gasteiger partial charge in [0, 0.05) is 12.2 Å². The Morgan fingerprint density at radius 3 is 1.88 bits per heavy atom. The molecule has 0 saturated heterocycles. The molecule has 5 amide bonds. The second-order valence-corrected chi connectivity index (χ2v) is 7.66. The van der Waals surface area contributed by atoms with Gasteiger partial charge in [0.1, 0.15) is 18.1 Å². The van der Waals surface area contributed by atoms with E-state index < -0.39 is 72.0 Å². The average Bonchev–Trinajstić information content (AvgIpc) is 2.70. The molecule has 0 bridgehead atoms. The lowest BCUT2D eigenvalue weighted by atomic mass is 9.98. The Bertz CT molecular complexity index is 720. The maximum Gasteiger partial charge on any atom is 0.326 e. The van der Waals surface area contributed by atoms with Crippen LogP contribution in [0.25, 0.3) is 0 Å². The van der Waals surface area contributed by atoms with Crippen LogP contribution in [0.2, 0.25) is 0 Å². The molecule has 0 fully saturated rings. The summed E-state index contributed by atoms with van der Waals surface area (Å²) in [6.45, 7) is 3.39. The number of amides is 5. The average molecular weight is 477 g/mol. The second-order valence-electron chi connectivity index (χ2n) is 7.30. The van der Waals surface area contributed by atoms with Crippen molar-refractivity contribution in [1.29, 1.82) is 0 Å². The molecule has 0 saturated carbocycles. The Morgan fingerprint density at radius 2 is 1.44 bits per heavy atom. The van der Waals surface area contributed by atoms with Crippen LogP contribution in [0.4, 0.5) is 0 Å². The molecule has 0 aliphatic carbocycles. The highest BCUT2D eigenvalue weighted by atomic mass is 32.1. The SMILES string of the molecule is CCC(C)C(NC(=O)C(CCC(N)=O)NC(=O)C(CS)NC(=O)C(N)CC(N)=O)C(=O)O. The molecule has 5 atom stereocenters. The summed E-state index contributed by atoms with van der Waals surface area (Å²) in [6.07, 6.45) is -0.438. The fourth-order valence-corrected chi connectivity index (χ4v) is 2.80. The summed E-state index contributed by atoms with van der Waals surface area (Å²) >= 11 is 3.99. The van der Waals surface area contributed by atoms with Crippen LogP contribution in [-0.4, -0.2) is 70.5 Å². The molecule has 10 N–H and O–H groups in total. The van der Waals surface area contributed by atoms with Crippen LogP contribution in [0.1, 0.15) is 39.5 Å². The zero-order valence-electron chi connectivity index (χ0n) is 18.0. The second kappa shape index (κ2) is 14.2. The zero-order chi connectivity index (χ0) is 25.0. The van der Waals surface area contributed by atoms with E-state index in [1.807, 2.05) is 0 Å². The third kappa shape index (κ3) is 10.4. The van der Waals surface area contributed by atoms with Crippen LogP contribution in [0.3, 0.4) is 0 Å². The summed E-state index contributed by atoms with van der Waals surface area (Å²) < 4.78 is 0. The molecule has 0 aliphatic rings. The molecule has 0 spiro atoms. The highest BCUT2D eigenvalue weighted by Gasteiger charge is 2.31. The molecule has 0 radical (unpaired) electrons. The molecule has 13 nitrogen and oxygen atoms in total. The van der Waals surface area contributed by atoms with E-state index >= 15 is 0 Å². The molecule has 14 heteroatoms. The summed E-state index contributed by atoms with van der Waals surface area (Å²) in [5.41, 5.74) is 15.6. The molecule has 32 heavy (non-hydrogen) atoms. The molecule has 182 valence electrons. The van der Waals surface area contributed by atoms with Crippen molar-refractivity contribution >= 4 is 48.1 Å². The van der Waals surface area contributed by atoms with Gasteiger partial charge >= 0.3 is 5.97 Å². The normalized spacial score (nSPS) is 15.4. The van der Waals surface area contributed by atoms with Gasteiger partial charge < -0.3 is 38.3 Å². The van der Waals surface area contributed by atoms with E-state index in [1.54, 1.807) is 13.8 Å². The minimum atomic E-state index is -1.31. The van der Waals surface area contributed by atoms with Gasteiger partial charge in [0.15, 0.2) is 0 Å². The van der Waals surface area contributed by atoms with Gasteiger partial charge in [-0.1, -0.05) is 20.3 Å². The van der Waals surface area contributed by atoms with Crippen molar-refractivity contribution in [3.05, 3.63) is 0 Å². The van der Waals surface area contributed by atoms with Crippen LogP contribution >= 0.6 is 12.6 Å². The fraction of sp³-hybridized carbons (Fsp3) is 0.667. The van der Waals surface area contributed by atoms with E-state index in [0.717, 1.165) is 0 Å². The van der Waals surface area contributed by atoms with E-state index in [1.165, 1.54) is 0 Å². The number of carbonyl (C=O) groups excluding carboxylic acids is 5. The Hall–Kier alpha value is -2.87. The molecular formula is C18H32N6O7S. The largest absolute Gasteiger partial charge is 0.480 e. The van der Waals surface area contributed by atoms with E-state index in [4.69, 9.17) is 17.2 Å². The zero-order valence-corrected chi connectivity index (χ0v) is 18.9. The van der Waals surface area contributed by atoms with Crippen LogP contribution in [-0.2, 0) is 28.8 Å². The number of rotatable bonds is 15. The Kier molecular flexibility index (Phi) is 13.0. The highest BCUT2D eigenvalue weighted by molar-refractivity contribution is 7.80. The maximum absolute atomic E-state index is 12.7. The maximum atomic E-state index is 12.7. The third-order valence-electron chi connectivity index (χ3n) is 4.66. The van der Waals surface area contributed by atoms with Gasteiger partial charge in [0.2, 0.25) is 29.5 Å². The van der Waals surface area contributed by atoms with Gasteiger partial charge in [0.05, 0.1) is 12.5 Å². The minimum Gasteiger partial charge on any atom is -0.480 e. The van der Waals surface area contributed by atoms with E-state index in [0.29, 0.717) is 6.42 Å². The molecule has 5 unspecified atom stereocenters. The lowest BCUT2D eigenvalue weighted by Gasteiger charge is -2.26. The first-order chi connectivity index (χ1) is 14.8. The van der Waals surface area contributed by atoms with Crippen molar-refractivity contribution < 1.29 is 33.9 Å². The van der Waals surface area contributed by atoms with Crippen molar-refractivity contribution in [2.24, 2.45) is 23.1 Å². The number of carbonyl (C=O) groups is 6. The third-order valence-corrected chi connectivity index (χ3v) is 5.03. The van der Waals surface area contributed by atoms with Gasteiger partial charge in [-0.15, -0.1) is 0 Å². The topological polar surface area (TPSA) is 237 Å². The number of hydrogen-bond donors (Lipinski definition) is 8. The van der Waals surface area contributed by atoms with Gasteiger partial charge in [-0.3, -0.25) is 24.0 Å². The summed E-state index contributed by atoms with van der Waals surface area (Å²) in [6, 6.07) is -5.05. The van der Waals surface area contributed by atoms with Crippen molar-refractivity contribution in [3.63, 3.8) is 0 Å². The predicted octanol–water partition coefficient (Wildman–Crippen LogP) is -3.03. The Balaban J connectivity index is 5.39. The summed E-state index contributed by atoms with van der Waals surface area (Å²) in [4.78, 5) is 70.9. The van der Waals surface area contributed by atoms with E-state index in [9.17, 15) is 33.9 Å². The van der Waals surface area contributed by atoms with Gasteiger partial charge in [-0.05, 0) is 12.3 Å². The molecule has 0 aromatic carbocycles. The van der Waals surface area contributed by atoms with Gasteiger partial charge in [-0.2, -0.15) is 12.6 Å². The Morgan fingerprint density at radius 1 is 0.906 bits per heavy atom. The van der Waals surface area contributed by atoms with Crippen molar-refractivity contribution in [2.45, 2.75) is 63.7 Å². The summed E-state index contributed by atoms with van der Waals surface area (Å²) in [7, 11) is 0. The number of hydrogen-bond acceptors (Lipinski definition) is 8. The molecule has 0 rings (SSSR count). The fourth-order valence-electron chi connectivity index (χ4n) is 2.55. The number of aliphatic carboxylic acids is 1. The summed E-state index contributed by atoms with van der Waals surface area (Å²) in [5, 5.41) is 16.4. The van der Waals surface area contributed by atoms with Crippen molar-refractivity contribution in [3.8, 4) is 0 Å². The number of nitrogens with two attached hydrogens (primary N) is 3. The molecule has 0 aromatic heterocycles. The Labute approximate surface area is 191 Å². The van der Waals surface area contributed by atoms with Crippen LogP contribution < -0.4 is 33.2 Å². The van der Waals surface area contributed by atoms with Crippen LogP contribution in [0.5, 0.6) is 0 Å². The van der Waals surface area contributed by atoms with Crippen molar-refractivity contribution in [2.75, 3.05) is 5.75 Å². The van der Waals surface area contributed by atoms with Crippen LogP contribution in [0.15, 0.2) is 0 Å².